The number of nitrogens with zero attached hydrogens (tertiary/aromatic N) is 2. The van der Waals surface area contributed by atoms with Crippen LogP contribution in [-0.4, -0.2) is 29.7 Å². The largest absolute Gasteiger partial charge is 0.252 e. The van der Waals surface area contributed by atoms with E-state index >= 15 is 0 Å². The molecule has 0 unspecified atom stereocenters. The van der Waals surface area contributed by atoms with E-state index < -0.39 is 9.84 Å². The van der Waals surface area contributed by atoms with E-state index in [1.54, 1.807) is 11.6 Å². The van der Waals surface area contributed by atoms with Gasteiger partial charge in [0.05, 0.1) is 18.0 Å². The van der Waals surface area contributed by atoms with Crippen LogP contribution in [0.4, 0.5) is 0 Å². The van der Waals surface area contributed by atoms with Crippen molar-refractivity contribution in [2.45, 2.75) is 33.7 Å². The number of halogens is 1. The molecule has 0 radical (unpaired) electrons. The number of hydrogen-bond donors (Lipinski definition) is 0. The SMILES string of the molecule is CCc1c(C)nn(CCS(=O)(=O)CC)c1Cl. The summed E-state index contributed by atoms with van der Waals surface area (Å²) in [7, 11) is -2.96. The number of sulfone groups is 1. The number of rotatable bonds is 5. The number of aromatic nitrogens is 2. The van der Waals surface area contributed by atoms with E-state index in [1.165, 1.54) is 0 Å². The van der Waals surface area contributed by atoms with Crippen molar-refractivity contribution < 1.29 is 8.42 Å². The van der Waals surface area contributed by atoms with Gasteiger partial charge in [-0.15, -0.1) is 0 Å². The molecule has 0 saturated carbocycles. The molecule has 0 spiro atoms. The predicted molar refractivity (Wildman–Crippen MR) is 65.7 cm³/mol. The summed E-state index contributed by atoms with van der Waals surface area (Å²) >= 11 is 6.11. The molecule has 0 aromatic carbocycles. The Morgan fingerprint density at radius 3 is 2.44 bits per heavy atom. The topological polar surface area (TPSA) is 52.0 Å². The van der Waals surface area contributed by atoms with Crippen LogP contribution in [0.2, 0.25) is 5.15 Å². The molecule has 0 saturated heterocycles. The van der Waals surface area contributed by atoms with Gasteiger partial charge < -0.3 is 0 Å². The first-order chi connectivity index (χ1) is 7.41. The normalized spacial score (nSPS) is 12.0. The van der Waals surface area contributed by atoms with E-state index in [-0.39, 0.29) is 11.5 Å². The standard InChI is InChI=1S/C10H17ClN2O2S/c1-4-9-8(3)12-13(10(9)11)6-7-16(14,15)5-2/h4-7H2,1-3H3. The highest BCUT2D eigenvalue weighted by Gasteiger charge is 2.14. The summed E-state index contributed by atoms with van der Waals surface area (Å²) in [5.41, 5.74) is 1.87. The molecule has 6 heteroatoms. The second kappa shape index (κ2) is 5.19. The zero-order valence-corrected chi connectivity index (χ0v) is 11.4. The molecular weight excluding hydrogens is 248 g/mol. The van der Waals surface area contributed by atoms with Crippen LogP contribution >= 0.6 is 11.6 Å². The van der Waals surface area contributed by atoms with Crippen molar-refractivity contribution in [2.75, 3.05) is 11.5 Å². The summed E-state index contributed by atoms with van der Waals surface area (Å²) in [6.07, 6.45) is 0.811. The molecule has 0 aliphatic heterocycles. The van der Waals surface area contributed by atoms with Crippen molar-refractivity contribution in [3.05, 3.63) is 16.4 Å². The fourth-order valence-electron chi connectivity index (χ4n) is 1.51. The van der Waals surface area contributed by atoms with Gasteiger partial charge in [0, 0.05) is 11.3 Å². The molecule has 1 aromatic heterocycles. The van der Waals surface area contributed by atoms with E-state index in [9.17, 15) is 8.42 Å². The highest BCUT2D eigenvalue weighted by Crippen LogP contribution is 2.20. The minimum absolute atomic E-state index is 0.0908. The zero-order chi connectivity index (χ0) is 12.3. The van der Waals surface area contributed by atoms with Gasteiger partial charge in [-0.1, -0.05) is 25.4 Å². The second-order valence-electron chi connectivity index (χ2n) is 3.67. The van der Waals surface area contributed by atoms with E-state index in [0.717, 1.165) is 17.7 Å². The smallest absolute Gasteiger partial charge is 0.151 e. The van der Waals surface area contributed by atoms with Crippen molar-refractivity contribution in [1.82, 2.24) is 9.78 Å². The van der Waals surface area contributed by atoms with Crippen LogP contribution in [0, 0.1) is 6.92 Å². The summed E-state index contributed by atoms with van der Waals surface area (Å²) < 4.78 is 24.3. The van der Waals surface area contributed by atoms with Gasteiger partial charge in [-0.05, 0) is 13.3 Å². The molecule has 0 aliphatic rings. The fraction of sp³-hybridized carbons (Fsp3) is 0.700. The zero-order valence-electron chi connectivity index (χ0n) is 9.83. The third-order valence-electron chi connectivity index (χ3n) is 2.59. The minimum atomic E-state index is -2.96. The van der Waals surface area contributed by atoms with Crippen LogP contribution < -0.4 is 0 Å². The Kier molecular flexibility index (Phi) is 4.38. The van der Waals surface area contributed by atoms with Gasteiger partial charge in [-0.2, -0.15) is 5.10 Å². The lowest BCUT2D eigenvalue weighted by atomic mass is 10.2. The van der Waals surface area contributed by atoms with Gasteiger partial charge in [0.15, 0.2) is 9.84 Å². The molecule has 92 valence electrons. The molecule has 4 nitrogen and oxygen atoms in total. The highest BCUT2D eigenvalue weighted by molar-refractivity contribution is 7.91. The molecule has 1 rings (SSSR count). The molecular formula is C10H17ClN2O2S. The molecule has 0 aliphatic carbocycles. The molecule has 1 aromatic rings. The lowest BCUT2D eigenvalue weighted by Gasteiger charge is -2.03. The lowest BCUT2D eigenvalue weighted by Crippen LogP contribution is -2.15. The monoisotopic (exact) mass is 264 g/mol. The van der Waals surface area contributed by atoms with E-state index in [4.69, 9.17) is 11.6 Å². The van der Waals surface area contributed by atoms with Crippen LogP contribution in [0.5, 0.6) is 0 Å². The average molecular weight is 265 g/mol. The first-order valence-corrected chi connectivity index (χ1v) is 7.53. The van der Waals surface area contributed by atoms with Crippen molar-refractivity contribution in [3.8, 4) is 0 Å². The molecule has 0 amide bonds. The van der Waals surface area contributed by atoms with E-state index in [2.05, 4.69) is 5.10 Å². The Bertz CT molecular complexity index is 465. The van der Waals surface area contributed by atoms with Gasteiger partial charge in [-0.25, -0.2) is 8.42 Å². The van der Waals surface area contributed by atoms with Crippen molar-refractivity contribution in [3.63, 3.8) is 0 Å². The van der Waals surface area contributed by atoms with Crippen LogP contribution in [0.1, 0.15) is 25.1 Å². The van der Waals surface area contributed by atoms with Gasteiger partial charge in [0.25, 0.3) is 0 Å². The third-order valence-corrected chi connectivity index (χ3v) is 4.70. The highest BCUT2D eigenvalue weighted by atomic mass is 35.5. The molecule has 16 heavy (non-hydrogen) atoms. The van der Waals surface area contributed by atoms with Gasteiger partial charge in [0.2, 0.25) is 0 Å². The molecule has 1 heterocycles. The Morgan fingerprint density at radius 2 is 2.00 bits per heavy atom. The Morgan fingerprint density at radius 1 is 1.38 bits per heavy atom. The summed E-state index contributed by atoms with van der Waals surface area (Å²) in [4.78, 5) is 0. The maximum atomic E-state index is 11.4. The Labute approximate surface area is 102 Å². The van der Waals surface area contributed by atoms with Crippen LogP contribution in [-0.2, 0) is 22.8 Å². The van der Waals surface area contributed by atoms with Crippen LogP contribution in [0.15, 0.2) is 0 Å². The second-order valence-corrected chi connectivity index (χ2v) is 6.50. The van der Waals surface area contributed by atoms with Crippen LogP contribution in [0.3, 0.4) is 0 Å². The Balaban J connectivity index is 2.83. The van der Waals surface area contributed by atoms with Gasteiger partial charge in [0.1, 0.15) is 5.15 Å². The minimum Gasteiger partial charge on any atom is -0.252 e. The summed E-state index contributed by atoms with van der Waals surface area (Å²) in [5.74, 6) is 0.249. The van der Waals surface area contributed by atoms with Crippen LogP contribution in [0.25, 0.3) is 0 Å². The first kappa shape index (κ1) is 13.5. The predicted octanol–water partition coefficient (Wildman–Crippen LogP) is 1.84. The lowest BCUT2D eigenvalue weighted by molar-refractivity contribution is 0.581. The number of hydrogen-bond acceptors (Lipinski definition) is 3. The molecule has 0 fully saturated rings. The summed E-state index contributed by atoms with van der Waals surface area (Å²) in [6.45, 7) is 5.86. The number of aryl methyl sites for hydroxylation is 2. The molecule has 0 atom stereocenters. The Hall–Kier alpha value is -0.550. The van der Waals surface area contributed by atoms with Gasteiger partial charge >= 0.3 is 0 Å². The molecule has 0 N–H and O–H groups in total. The summed E-state index contributed by atoms with van der Waals surface area (Å²) in [6, 6.07) is 0. The van der Waals surface area contributed by atoms with E-state index in [1.807, 2.05) is 13.8 Å². The van der Waals surface area contributed by atoms with Crippen molar-refractivity contribution >= 4 is 21.4 Å². The van der Waals surface area contributed by atoms with Crippen molar-refractivity contribution in [2.24, 2.45) is 0 Å². The molecule has 0 bridgehead atoms. The first-order valence-electron chi connectivity index (χ1n) is 5.33. The maximum Gasteiger partial charge on any atom is 0.151 e. The van der Waals surface area contributed by atoms with Gasteiger partial charge in [-0.3, -0.25) is 4.68 Å². The quantitative estimate of drug-likeness (QED) is 0.816. The maximum absolute atomic E-state index is 11.4. The third kappa shape index (κ3) is 2.98. The fourth-order valence-corrected chi connectivity index (χ4v) is 2.64. The average Bonchev–Trinajstić information content (AvgIpc) is 2.51. The summed E-state index contributed by atoms with van der Waals surface area (Å²) in [5, 5.41) is 4.80. The van der Waals surface area contributed by atoms with E-state index in [0.29, 0.717) is 11.7 Å². The van der Waals surface area contributed by atoms with Crippen molar-refractivity contribution in [1.29, 1.82) is 0 Å².